The van der Waals surface area contributed by atoms with Gasteiger partial charge in [-0.15, -0.1) is 0 Å². The minimum absolute atomic E-state index is 0.0263. The predicted octanol–water partition coefficient (Wildman–Crippen LogP) is 1.80. The number of rotatable bonds is 5. The van der Waals surface area contributed by atoms with Crippen molar-refractivity contribution in [3.8, 4) is 11.6 Å². The maximum Gasteiger partial charge on any atom is 0.244 e. The second-order valence-electron chi connectivity index (χ2n) is 6.78. The molecule has 0 aliphatic carbocycles. The number of aryl methyl sites for hydroxylation is 2. The molecule has 4 aromatic heterocycles. The molecule has 0 saturated carbocycles. The van der Waals surface area contributed by atoms with E-state index in [1.807, 2.05) is 43.3 Å². The minimum atomic E-state index is -0.0263. The number of hydrogen-bond donors (Lipinski definition) is 1. The first kappa shape index (κ1) is 16.8. The van der Waals surface area contributed by atoms with Gasteiger partial charge in [-0.1, -0.05) is 0 Å². The zero-order valence-corrected chi connectivity index (χ0v) is 15.6. The molecule has 1 aliphatic heterocycles. The van der Waals surface area contributed by atoms with Crippen molar-refractivity contribution in [1.82, 2.24) is 34.1 Å². The van der Waals surface area contributed by atoms with Crippen LogP contribution < -0.4 is 10.1 Å². The number of hydrogen-bond acceptors (Lipinski definition) is 7. The molecule has 28 heavy (non-hydrogen) atoms. The fraction of sp³-hybridized carbons (Fsp3) is 0.333. The Morgan fingerprint density at radius 3 is 2.71 bits per heavy atom. The molecule has 4 aromatic rings. The molecule has 1 aliphatic rings. The molecule has 0 bridgehead atoms. The molecule has 1 saturated heterocycles. The van der Waals surface area contributed by atoms with Gasteiger partial charge in [0.05, 0.1) is 42.5 Å². The molecule has 10 nitrogen and oxygen atoms in total. The van der Waals surface area contributed by atoms with Crippen molar-refractivity contribution in [1.29, 1.82) is 0 Å². The average Bonchev–Trinajstić information content (AvgIpc) is 3.43. The highest BCUT2D eigenvalue weighted by atomic mass is 16.5. The molecule has 144 valence electrons. The van der Waals surface area contributed by atoms with E-state index in [0.29, 0.717) is 25.0 Å². The van der Waals surface area contributed by atoms with Crippen molar-refractivity contribution in [3.63, 3.8) is 0 Å². The summed E-state index contributed by atoms with van der Waals surface area (Å²) in [6.07, 6.45) is 10.1. The lowest BCUT2D eigenvalue weighted by Gasteiger charge is -2.14. The van der Waals surface area contributed by atoms with Crippen LogP contribution in [0, 0.1) is 0 Å². The molecule has 1 unspecified atom stereocenters. The summed E-state index contributed by atoms with van der Waals surface area (Å²) in [7, 11) is 3.74. The van der Waals surface area contributed by atoms with Crippen molar-refractivity contribution in [2.24, 2.45) is 14.1 Å². The summed E-state index contributed by atoms with van der Waals surface area (Å²) in [5.41, 5.74) is 3.31. The van der Waals surface area contributed by atoms with Gasteiger partial charge in [-0.25, -0.2) is 4.98 Å². The summed E-state index contributed by atoms with van der Waals surface area (Å²) in [6.45, 7) is 1.26. The normalized spacial score (nSPS) is 16.7. The summed E-state index contributed by atoms with van der Waals surface area (Å²) < 4.78 is 17.1. The van der Waals surface area contributed by atoms with E-state index in [-0.39, 0.29) is 6.10 Å². The Bertz CT molecular complexity index is 1120. The van der Waals surface area contributed by atoms with E-state index >= 15 is 0 Å². The summed E-state index contributed by atoms with van der Waals surface area (Å²) in [5.74, 6) is 0.971. The van der Waals surface area contributed by atoms with Gasteiger partial charge >= 0.3 is 0 Å². The average molecular weight is 380 g/mol. The number of nitrogens with zero attached hydrogens (tertiary/aromatic N) is 7. The van der Waals surface area contributed by atoms with E-state index in [0.717, 1.165) is 28.8 Å². The van der Waals surface area contributed by atoms with Crippen LogP contribution >= 0.6 is 0 Å². The first-order chi connectivity index (χ1) is 13.7. The Hall–Kier alpha value is -3.40. The fourth-order valence-corrected chi connectivity index (χ4v) is 3.28. The van der Waals surface area contributed by atoms with Gasteiger partial charge in [-0.2, -0.15) is 15.2 Å². The van der Waals surface area contributed by atoms with Crippen LogP contribution in [-0.4, -0.2) is 53.4 Å². The number of nitrogens with one attached hydrogen (secondary N) is 1. The highest BCUT2D eigenvalue weighted by Gasteiger charge is 2.22. The van der Waals surface area contributed by atoms with Crippen molar-refractivity contribution in [3.05, 3.63) is 37.1 Å². The van der Waals surface area contributed by atoms with E-state index in [4.69, 9.17) is 9.47 Å². The maximum absolute atomic E-state index is 6.21. The minimum Gasteiger partial charge on any atom is -0.470 e. The predicted molar refractivity (Wildman–Crippen MR) is 102 cm³/mol. The lowest BCUT2D eigenvalue weighted by Crippen LogP contribution is -2.17. The number of anilines is 2. The molecular formula is C18H20N8O2. The largest absolute Gasteiger partial charge is 0.470 e. The molecule has 1 fully saturated rings. The van der Waals surface area contributed by atoms with E-state index < -0.39 is 0 Å². The fourth-order valence-electron chi connectivity index (χ4n) is 3.28. The van der Waals surface area contributed by atoms with E-state index in [1.165, 1.54) is 0 Å². The Morgan fingerprint density at radius 2 is 2.00 bits per heavy atom. The SMILES string of the molecule is Cn1cc(Nc2nc(OC3CCOC3)c3c(ccn3-c3cnn(C)c3)n2)cn1. The van der Waals surface area contributed by atoms with Crippen molar-refractivity contribution < 1.29 is 9.47 Å². The van der Waals surface area contributed by atoms with Gasteiger partial charge in [0, 0.05) is 39.1 Å². The summed E-state index contributed by atoms with van der Waals surface area (Å²) >= 11 is 0. The van der Waals surface area contributed by atoms with Crippen LogP contribution in [0.3, 0.4) is 0 Å². The first-order valence-electron chi connectivity index (χ1n) is 9.04. The molecule has 0 spiro atoms. The maximum atomic E-state index is 6.21. The number of ether oxygens (including phenoxy) is 2. The Balaban J connectivity index is 1.59. The molecule has 10 heteroatoms. The third-order valence-electron chi connectivity index (χ3n) is 4.60. The van der Waals surface area contributed by atoms with Gasteiger partial charge in [0.1, 0.15) is 11.6 Å². The molecule has 1 N–H and O–H groups in total. The second-order valence-corrected chi connectivity index (χ2v) is 6.78. The second kappa shape index (κ2) is 6.64. The molecule has 0 amide bonds. The lowest BCUT2D eigenvalue weighted by atomic mass is 10.3. The third-order valence-corrected chi connectivity index (χ3v) is 4.60. The van der Waals surface area contributed by atoms with Crippen LogP contribution in [0.4, 0.5) is 11.6 Å². The molecule has 0 radical (unpaired) electrons. The molecular weight excluding hydrogens is 360 g/mol. The molecule has 5 heterocycles. The molecule has 5 rings (SSSR count). The van der Waals surface area contributed by atoms with Crippen molar-refractivity contribution in [2.45, 2.75) is 12.5 Å². The highest BCUT2D eigenvalue weighted by molar-refractivity contribution is 5.84. The zero-order chi connectivity index (χ0) is 19.1. The lowest BCUT2D eigenvalue weighted by molar-refractivity contribution is 0.139. The molecule has 0 aromatic carbocycles. The number of fused-ring (bicyclic) bond motifs is 1. The van der Waals surface area contributed by atoms with Crippen LogP contribution in [0.15, 0.2) is 37.1 Å². The molecule has 1 atom stereocenters. The van der Waals surface area contributed by atoms with Gasteiger partial charge in [-0.3, -0.25) is 9.36 Å². The van der Waals surface area contributed by atoms with E-state index in [1.54, 1.807) is 21.8 Å². The van der Waals surface area contributed by atoms with Gasteiger partial charge in [0.15, 0.2) is 0 Å². The van der Waals surface area contributed by atoms with E-state index in [9.17, 15) is 0 Å². The van der Waals surface area contributed by atoms with Gasteiger partial charge in [0.25, 0.3) is 0 Å². The highest BCUT2D eigenvalue weighted by Crippen LogP contribution is 2.30. The Kier molecular flexibility index (Phi) is 3.97. The van der Waals surface area contributed by atoms with Crippen LogP contribution in [0.2, 0.25) is 0 Å². The van der Waals surface area contributed by atoms with Gasteiger partial charge < -0.3 is 19.4 Å². The first-order valence-corrected chi connectivity index (χ1v) is 9.04. The van der Waals surface area contributed by atoms with E-state index in [2.05, 4.69) is 25.5 Å². The standard InChI is InChI=1S/C18H20N8O2/c1-24-9-12(7-19-24)21-18-22-15-3-5-26(13-8-20-25(2)10-13)16(15)17(23-18)28-14-4-6-27-11-14/h3,5,7-10,14H,4,6,11H2,1-2H3,(H,21,22,23). The summed E-state index contributed by atoms with van der Waals surface area (Å²) in [6, 6.07) is 1.94. The van der Waals surface area contributed by atoms with Crippen LogP contribution in [0.1, 0.15) is 6.42 Å². The van der Waals surface area contributed by atoms with Gasteiger partial charge in [0.2, 0.25) is 11.8 Å². The summed E-state index contributed by atoms with van der Waals surface area (Å²) in [4.78, 5) is 9.30. The van der Waals surface area contributed by atoms with Crippen LogP contribution in [0.5, 0.6) is 5.88 Å². The van der Waals surface area contributed by atoms with Crippen LogP contribution in [0.25, 0.3) is 16.7 Å². The quantitative estimate of drug-likeness (QED) is 0.564. The smallest absolute Gasteiger partial charge is 0.244 e. The zero-order valence-electron chi connectivity index (χ0n) is 15.6. The third kappa shape index (κ3) is 3.07. The monoisotopic (exact) mass is 380 g/mol. The van der Waals surface area contributed by atoms with Gasteiger partial charge in [-0.05, 0) is 6.07 Å². The summed E-state index contributed by atoms with van der Waals surface area (Å²) in [5, 5.41) is 11.6. The Labute approximate surface area is 160 Å². The number of aromatic nitrogens is 7. The van der Waals surface area contributed by atoms with Crippen molar-refractivity contribution in [2.75, 3.05) is 18.5 Å². The topological polar surface area (TPSA) is 96.8 Å². The Morgan fingerprint density at radius 1 is 1.14 bits per heavy atom. The van der Waals surface area contributed by atoms with Crippen molar-refractivity contribution >= 4 is 22.7 Å². The van der Waals surface area contributed by atoms with Crippen LogP contribution in [-0.2, 0) is 18.8 Å².